The lowest BCUT2D eigenvalue weighted by molar-refractivity contribution is 0.750. The smallest absolute Gasteiger partial charge is 0.0992 e. The number of nitriles is 1. The zero-order chi connectivity index (χ0) is 12.5. The molecule has 0 atom stereocenters. The van der Waals surface area contributed by atoms with E-state index < -0.39 is 0 Å². The van der Waals surface area contributed by atoms with Crippen LogP contribution >= 0.6 is 27.7 Å². The first-order chi connectivity index (χ1) is 8.26. The second kappa shape index (κ2) is 8.43. The number of rotatable bonds is 7. The number of hydrogen-bond donors (Lipinski definition) is 1. The van der Waals surface area contributed by atoms with Gasteiger partial charge in [-0.3, -0.25) is 0 Å². The van der Waals surface area contributed by atoms with Crippen LogP contribution < -0.4 is 5.32 Å². The predicted octanol–water partition coefficient (Wildman–Crippen LogP) is 4.27. The van der Waals surface area contributed by atoms with Crippen molar-refractivity contribution in [2.75, 3.05) is 23.9 Å². The van der Waals surface area contributed by atoms with Crippen LogP contribution in [0.5, 0.6) is 0 Å². The Balaban J connectivity index is 2.32. The van der Waals surface area contributed by atoms with Crippen LogP contribution in [0.4, 0.5) is 5.69 Å². The Labute approximate surface area is 116 Å². The van der Waals surface area contributed by atoms with E-state index in [0.717, 1.165) is 16.7 Å². The molecule has 4 heteroatoms. The van der Waals surface area contributed by atoms with E-state index in [1.165, 1.54) is 25.0 Å². The van der Waals surface area contributed by atoms with Gasteiger partial charge in [0.2, 0.25) is 0 Å². The van der Waals surface area contributed by atoms with E-state index in [1.54, 1.807) is 0 Å². The Morgan fingerprint density at radius 2 is 2.12 bits per heavy atom. The Hall–Kier alpha value is -0.660. The fraction of sp³-hybridized carbons (Fsp3) is 0.462. The molecule has 1 rings (SSSR count). The van der Waals surface area contributed by atoms with E-state index in [-0.39, 0.29) is 0 Å². The second-order valence-corrected chi connectivity index (χ2v) is 5.72. The molecule has 0 bridgehead atoms. The summed E-state index contributed by atoms with van der Waals surface area (Å²) < 4.78 is 0.946. The van der Waals surface area contributed by atoms with E-state index in [2.05, 4.69) is 33.6 Å². The van der Waals surface area contributed by atoms with Crippen molar-refractivity contribution in [3.8, 4) is 6.07 Å². The zero-order valence-corrected chi connectivity index (χ0v) is 12.4. The number of hydrogen-bond acceptors (Lipinski definition) is 3. The van der Waals surface area contributed by atoms with Crippen LogP contribution in [0.3, 0.4) is 0 Å². The first kappa shape index (κ1) is 14.4. The van der Waals surface area contributed by atoms with E-state index in [4.69, 9.17) is 5.26 Å². The van der Waals surface area contributed by atoms with Crippen molar-refractivity contribution in [1.29, 1.82) is 5.26 Å². The Bertz CT molecular complexity index is 387. The molecule has 1 N–H and O–H groups in total. The van der Waals surface area contributed by atoms with Gasteiger partial charge in [0, 0.05) is 16.7 Å². The molecule has 0 amide bonds. The summed E-state index contributed by atoms with van der Waals surface area (Å²) in [4.78, 5) is 0. The molecule has 17 heavy (non-hydrogen) atoms. The molecule has 0 radical (unpaired) electrons. The molecule has 92 valence electrons. The van der Waals surface area contributed by atoms with Crippen molar-refractivity contribution in [1.82, 2.24) is 0 Å². The fourth-order valence-electron chi connectivity index (χ4n) is 1.54. The van der Waals surface area contributed by atoms with Crippen LogP contribution in [-0.2, 0) is 0 Å². The van der Waals surface area contributed by atoms with Crippen molar-refractivity contribution in [2.45, 2.75) is 19.3 Å². The number of benzene rings is 1. The highest BCUT2D eigenvalue weighted by Gasteiger charge is 1.98. The van der Waals surface area contributed by atoms with E-state index in [0.29, 0.717) is 5.56 Å². The average molecular weight is 313 g/mol. The molecule has 0 aliphatic heterocycles. The summed E-state index contributed by atoms with van der Waals surface area (Å²) in [6.07, 6.45) is 5.86. The van der Waals surface area contributed by atoms with E-state index >= 15 is 0 Å². The van der Waals surface area contributed by atoms with Gasteiger partial charge in [-0.2, -0.15) is 17.0 Å². The van der Waals surface area contributed by atoms with Crippen LogP contribution in [0.15, 0.2) is 22.7 Å². The van der Waals surface area contributed by atoms with E-state index in [1.807, 2.05) is 30.0 Å². The standard InChI is InChI=1S/C13H17BrN2S/c1-17-6-4-2-3-5-16-13-8-11(10-15)7-12(14)9-13/h7-9,16H,2-6H2,1H3. The van der Waals surface area contributed by atoms with Crippen molar-refractivity contribution >= 4 is 33.4 Å². The quantitative estimate of drug-likeness (QED) is 0.764. The van der Waals surface area contributed by atoms with Gasteiger partial charge in [0.1, 0.15) is 0 Å². The van der Waals surface area contributed by atoms with Gasteiger partial charge >= 0.3 is 0 Å². The molecule has 0 aromatic heterocycles. The third-order valence-electron chi connectivity index (χ3n) is 2.38. The van der Waals surface area contributed by atoms with Gasteiger partial charge in [-0.25, -0.2) is 0 Å². The van der Waals surface area contributed by atoms with Crippen molar-refractivity contribution in [3.63, 3.8) is 0 Å². The maximum Gasteiger partial charge on any atom is 0.0992 e. The molecule has 0 saturated heterocycles. The molecule has 0 unspecified atom stereocenters. The Kier molecular flexibility index (Phi) is 7.14. The number of anilines is 1. The van der Waals surface area contributed by atoms with Crippen molar-refractivity contribution in [3.05, 3.63) is 28.2 Å². The lowest BCUT2D eigenvalue weighted by Crippen LogP contribution is -2.01. The van der Waals surface area contributed by atoms with Gasteiger partial charge in [0.25, 0.3) is 0 Å². The zero-order valence-electron chi connectivity index (χ0n) is 10.0. The average Bonchev–Trinajstić information content (AvgIpc) is 2.33. The number of unbranched alkanes of at least 4 members (excludes halogenated alkanes) is 2. The molecule has 0 aliphatic rings. The monoisotopic (exact) mass is 312 g/mol. The summed E-state index contributed by atoms with van der Waals surface area (Å²) in [5.74, 6) is 1.25. The highest BCUT2D eigenvalue weighted by molar-refractivity contribution is 9.10. The summed E-state index contributed by atoms with van der Waals surface area (Å²) in [6, 6.07) is 7.86. The normalized spacial score (nSPS) is 9.94. The van der Waals surface area contributed by atoms with Gasteiger partial charge in [0.05, 0.1) is 11.6 Å². The van der Waals surface area contributed by atoms with Gasteiger partial charge in [-0.15, -0.1) is 0 Å². The van der Waals surface area contributed by atoms with Crippen molar-refractivity contribution in [2.24, 2.45) is 0 Å². The summed E-state index contributed by atoms with van der Waals surface area (Å²) in [5.41, 5.74) is 1.70. The van der Waals surface area contributed by atoms with Gasteiger partial charge in [0.15, 0.2) is 0 Å². The molecular formula is C13H17BrN2S. The second-order valence-electron chi connectivity index (χ2n) is 3.82. The minimum Gasteiger partial charge on any atom is -0.385 e. The summed E-state index contributed by atoms with van der Waals surface area (Å²) in [7, 11) is 0. The maximum atomic E-state index is 8.85. The van der Waals surface area contributed by atoms with Gasteiger partial charge in [-0.1, -0.05) is 22.4 Å². The van der Waals surface area contributed by atoms with Crippen LogP contribution in [0.2, 0.25) is 0 Å². The maximum absolute atomic E-state index is 8.85. The number of nitrogens with one attached hydrogen (secondary N) is 1. The number of halogens is 1. The Morgan fingerprint density at radius 1 is 1.29 bits per heavy atom. The number of nitrogens with zero attached hydrogens (tertiary/aromatic N) is 1. The topological polar surface area (TPSA) is 35.8 Å². The molecule has 0 fully saturated rings. The van der Waals surface area contributed by atoms with Crippen LogP contribution in [0.25, 0.3) is 0 Å². The molecule has 1 aromatic rings. The molecule has 1 aromatic carbocycles. The Morgan fingerprint density at radius 3 is 2.82 bits per heavy atom. The molecule has 0 spiro atoms. The largest absolute Gasteiger partial charge is 0.385 e. The molecule has 0 heterocycles. The summed E-state index contributed by atoms with van der Waals surface area (Å²) in [5, 5.41) is 12.2. The van der Waals surface area contributed by atoms with Crippen LogP contribution in [0, 0.1) is 11.3 Å². The molecular weight excluding hydrogens is 296 g/mol. The van der Waals surface area contributed by atoms with Gasteiger partial charge in [-0.05, 0) is 43.0 Å². The number of thioether (sulfide) groups is 1. The SMILES string of the molecule is CSCCCCCNc1cc(Br)cc(C#N)c1. The predicted molar refractivity (Wildman–Crippen MR) is 79.6 cm³/mol. The third-order valence-corrected chi connectivity index (χ3v) is 3.54. The molecule has 0 saturated carbocycles. The lowest BCUT2D eigenvalue weighted by atomic mass is 10.2. The highest BCUT2D eigenvalue weighted by Crippen LogP contribution is 2.19. The minimum atomic E-state index is 0.684. The van der Waals surface area contributed by atoms with E-state index in [9.17, 15) is 0 Å². The first-order valence-corrected chi connectivity index (χ1v) is 7.88. The third kappa shape index (κ3) is 5.99. The minimum absolute atomic E-state index is 0.684. The van der Waals surface area contributed by atoms with Gasteiger partial charge < -0.3 is 5.32 Å². The molecule has 0 aliphatic carbocycles. The van der Waals surface area contributed by atoms with Crippen LogP contribution in [0.1, 0.15) is 24.8 Å². The summed E-state index contributed by atoms with van der Waals surface area (Å²) in [6.45, 7) is 0.968. The van der Waals surface area contributed by atoms with Crippen molar-refractivity contribution < 1.29 is 0 Å². The fourth-order valence-corrected chi connectivity index (χ4v) is 2.52. The van der Waals surface area contributed by atoms with Crippen LogP contribution in [-0.4, -0.2) is 18.6 Å². The molecule has 2 nitrogen and oxygen atoms in total. The lowest BCUT2D eigenvalue weighted by Gasteiger charge is -2.07. The first-order valence-electron chi connectivity index (χ1n) is 5.70. The summed E-state index contributed by atoms with van der Waals surface area (Å²) >= 11 is 5.30. The highest BCUT2D eigenvalue weighted by atomic mass is 79.9.